The van der Waals surface area contributed by atoms with Crippen molar-refractivity contribution < 1.29 is 19.1 Å². The Bertz CT molecular complexity index is 623. The number of hydrogen-bond acceptors (Lipinski definition) is 5. The lowest BCUT2D eigenvalue weighted by atomic mass is 9.97. The maximum absolute atomic E-state index is 12.5. The van der Waals surface area contributed by atoms with Gasteiger partial charge in [-0.15, -0.1) is 0 Å². The molecule has 1 heterocycles. The second-order valence-electron chi connectivity index (χ2n) is 6.10. The second kappa shape index (κ2) is 9.06. The van der Waals surface area contributed by atoms with Gasteiger partial charge >= 0.3 is 5.97 Å². The van der Waals surface area contributed by atoms with E-state index in [1.165, 1.54) is 7.11 Å². The van der Waals surface area contributed by atoms with Gasteiger partial charge in [0.05, 0.1) is 30.7 Å². The highest BCUT2D eigenvalue weighted by Gasteiger charge is 2.31. The molecular weight excluding hydrogens is 344 g/mol. The fourth-order valence-corrected chi connectivity index (χ4v) is 3.23. The van der Waals surface area contributed by atoms with Crippen molar-refractivity contribution in [2.45, 2.75) is 32.7 Å². The van der Waals surface area contributed by atoms with Gasteiger partial charge in [-0.2, -0.15) is 0 Å². The number of carbonyl (C=O) groups excluding carboxylic acids is 2. The minimum Gasteiger partial charge on any atom is -0.495 e. The number of methoxy groups -OCH3 is 1. The molecule has 0 aliphatic carbocycles. The molecule has 0 radical (unpaired) electrons. The van der Waals surface area contributed by atoms with Crippen LogP contribution < -0.4 is 10.1 Å². The lowest BCUT2D eigenvalue weighted by Crippen LogP contribution is -2.48. The Labute approximate surface area is 153 Å². The molecule has 25 heavy (non-hydrogen) atoms. The summed E-state index contributed by atoms with van der Waals surface area (Å²) >= 11 is 6.09. The van der Waals surface area contributed by atoms with Crippen LogP contribution in [0.25, 0.3) is 0 Å². The summed E-state index contributed by atoms with van der Waals surface area (Å²) in [5.41, 5.74) is 0.613. The third-order valence-corrected chi connectivity index (χ3v) is 4.71. The van der Waals surface area contributed by atoms with Gasteiger partial charge in [0.2, 0.25) is 5.91 Å². The minimum absolute atomic E-state index is 0.134. The van der Waals surface area contributed by atoms with Gasteiger partial charge in [0.25, 0.3) is 0 Å². The molecule has 0 spiro atoms. The smallest absolute Gasteiger partial charge is 0.310 e. The molecule has 1 aliphatic heterocycles. The molecule has 1 aromatic carbocycles. The van der Waals surface area contributed by atoms with E-state index < -0.39 is 0 Å². The summed E-state index contributed by atoms with van der Waals surface area (Å²) in [6.45, 7) is 5.34. The van der Waals surface area contributed by atoms with Crippen molar-refractivity contribution >= 4 is 29.2 Å². The molecule has 1 N–H and O–H groups in total. The Kier molecular flexibility index (Phi) is 7.08. The average molecular weight is 369 g/mol. The van der Waals surface area contributed by atoms with E-state index in [1.54, 1.807) is 25.1 Å². The first-order valence-electron chi connectivity index (χ1n) is 8.51. The summed E-state index contributed by atoms with van der Waals surface area (Å²) in [6, 6.07) is 4.76. The van der Waals surface area contributed by atoms with Crippen molar-refractivity contribution in [3.05, 3.63) is 23.2 Å². The number of nitrogens with one attached hydrogen (secondary N) is 1. The number of halogens is 1. The predicted octanol–water partition coefficient (Wildman–Crippen LogP) is 2.95. The molecule has 2 atom stereocenters. The molecule has 2 rings (SSSR count). The van der Waals surface area contributed by atoms with Gasteiger partial charge in [-0.25, -0.2) is 0 Å². The van der Waals surface area contributed by atoms with Crippen LogP contribution in [-0.2, 0) is 14.3 Å². The van der Waals surface area contributed by atoms with Gasteiger partial charge < -0.3 is 14.8 Å². The van der Waals surface area contributed by atoms with E-state index in [4.69, 9.17) is 21.1 Å². The lowest BCUT2D eigenvalue weighted by Gasteiger charge is -2.35. The van der Waals surface area contributed by atoms with Crippen LogP contribution in [0.5, 0.6) is 5.75 Å². The van der Waals surface area contributed by atoms with Crippen molar-refractivity contribution in [1.29, 1.82) is 0 Å². The summed E-state index contributed by atoms with van der Waals surface area (Å²) in [7, 11) is 1.54. The highest BCUT2D eigenvalue weighted by Crippen LogP contribution is 2.27. The Morgan fingerprint density at radius 3 is 2.84 bits per heavy atom. The van der Waals surface area contributed by atoms with E-state index in [1.807, 2.05) is 11.8 Å². The van der Waals surface area contributed by atoms with Gasteiger partial charge in [-0.3, -0.25) is 14.5 Å². The lowest BCUT2D eigenvalue weighted by molar-refractivity contribution is -0.150. The van der Waals surface area contributed by atoms with Crippen LogP contribution in [0.1, 0.15) is 26.7 Å². The van der Waals surface area contributed by atoms with Crippen LogP contribution in [0.2, 0.25) is 5.02 Å². The van der Waals surface area contributed by atoms with Gasteiger partial charge in [0.15, 0.2) is 0 Å². The fraction of sp³-hybridized carbons (Fsp3) is 0.556. The predicted molar refractivity (Wildman–Crippen MR) is 97.0 cm³/mol. The minimum atomic E-state index is -0.349. The zero-order chi connectivity index (χ0) is 18.4. The standard InChI is InChI=1S/C18H25ClN2O4/c1-4-25-18(23)13-6-5-9-21(11-13)12(2)17(22)20-14-7-8-16(24-3)15(19)10-14/h7-8,10,12-13H,4-6,9,11H2,1-3H3,(H,20,22). The number of ether oxygens (including phenoxy) is 2. The molecule has 1 fully saturated rings. The van der Waals surface area contributed by atoms with Crippen LogP contribution in [0.3, 0.4) is 0 Å². The highest BCUT2D eigenvalue weighted by atomic mass is 35.5. The van der Waals surface area contributed by atoms with Crippen LogP contribution in [0.15, 0.2) is 18.2 Å². The molecule has 7 heteroatoms. The second-order valence-corrected chi connectivity index (χ2v) is 6.51. The molecule has 1 saturated heterocycles. The number of nitrogens with zero attached hydrogens (tertiary/aromatic N) is 1. The summed E-state index contributed by atoms with van der Waals surface area (Å²) in [4.78, 5) is 26.5. The topological polar surface area (TPSA) is 67.9 Å². The number of rotatable bonds is 6. The summed E-state index contributed by atoms with van der Waals surface area (Å²) in [5, 5.41) is 3.30. The SMILES string of the molecule is CCOC(=O)C1CCCN(C(C)C(=O)Nc2ccc(OC)c(Cl)c2)C1. The van der Waals surface area contributed by atoms with Crippen molar-refractivity contribution in [2.24, 2.45) is 5.92 Å². The maximum Gasteiger partial charge on any atom is 0.310 e. The number of piperidine rings is 1. The molecule has 138 valence electrons. The first kappa shape index (κ1) is 19.5. The fourth-order valence-electron chi connectivity index (χ4n) is 2.97. The summed E-state index contributed by atoms with van der Waals surface area (Å²) in [5.74, 6) is 0.0768. The number of anilines is 1. The van der Waals surface area contributed by atoms with Gasteiger partial charge in [-0.05, 0) is 51.4 Å². The molecule has 1 amide bonds. The molecule has 6 nitrogen and oxygen atoms in total. The van der Waals surface area contributed by atoms with Crippen LogP contribution in [0, 0.1) is 5.92 Å². The quantitative estimate of drug-likeness (QED) is 0.782. The maximum atomic E-state index is 12.5. The monoisotopic (exact) mass is 368 g/mol. The Balaban J connectivity index is 1.97. The molecule has 0 aromatic heterocycles. The van der Waals surface area contributed by atoms with Crippen LogP contribution in [0.4, 0.5) is 5.69 Å². The van der Waals surface area contributed by atoms with E-state index in [0.29, 0.717) is 29.6 Å². The Morgan fingerprint density at radius 2 is 2.20 bits per heavy atom. The molecule has 0 saturated carbocycles. The Hall–Kier alpha value is -1.79. The normalized spacial score (nSPS) is 19.1. The van der Waals surface area contributed by atoms with Gasteiger partial charge in [0, 0.05) is 12.2 Å². The summed E-state index contributed by atoms with van der Waals surface area (Å²) in [6.07, 6.45) is 1.67. The Morgan fingerprint density at radius 1 is 1.44 bits per heavy atom. The van der Waals surface area contributed by atoms with Crippen molar-refractivity contribution in [1.82, 2.24) is 4.90 Å². The molecule has 1 aromatic rings. The van der Waals surface area contributed by atoms with E-state index in [9.17, 15) is 9.59 Å². The first-order valence-corrected chi connectivity index (χ1v) is 8.89. The highest BCUT2D eigenvalue weighted by molar-refractivity contribution is 6.32. The van der Waals surface area contributed by atoms with E-state index >= 15 is 0 Å². The van der Waals surface area contributed by atoms with Gasteiger partial charge in [0.1, 0.15) is 5.75 Å². The number of esters is 1. The van der Waals surface area contributed by atoms with Gasteiger partial charge in [-0.1, -0.05) is 11.6 Å². The van der Waals surface area contributed by atoms with E-state index in [0.717, 1.165) is 19.4 Å². The zero-order valence-electron chi connectivity index (χ0n) is 14.9. The van der Waals surface area contributed by atoms with Crippen LogP contribution >= 0.6 is 11.6 Å². The largest absolute Gasteiger partial charge is 0.495 e. The number of hydrogen-bond donors (Lipinski definition) is 1. The number of amides is 1. The zero-order valence-corrected chi connectivity index (χ0v) is 15.6. The number of likely N-dealkylation sites (tertiary alicyclic amines) is 1. The molecule has 2 unspecified atom stereocenters. The first-order chi connectivity index (χ1) is 12.0. The van der Waals surface area contributed by atoms with E-state index in [2.05, 4.69) is 5.32 Å². The average Bonchev–Trinajstić information content (AvgIpc) is 2.61. The van der Waals surface area contributed by atoms with Crippen molar-refractivity contribution in [3.63, 3.8) is 0 Å². The molecule has 1 aliphatic rings. The van der Waals surface area contributed by atoms with Crippen LogP contribution in [-0.4, -0.2) is 49.6 Å². The van der Waals surface area contributed by atoms with E-state index in [-0.39, 0.29) is 23.8 Å². The number of benzene rings is 1. The third kappa shape index (κ3) is 5.09. The van der Waals surface area contributed by atoms with Crippen molar-refractivity contribution in [3.8, 4) is 5.75 Å². The van der Waals surface area contributed by atoms with Crippen molar-refractivity contribution in [2.75, 3.05) is 32.1 Å². The molecular formula is C18H25ClN2O4. The molecule has 0 bridgehead atoms. The third-order valence-electron chi connectivity index (χ3n) is 4.42. The summed E-state index contributed by atoms with van der Waals surface area (Å²) < 4.78 is 10.2. The number of carbonyl (C=O) groups is 2.